The zero-order chi connectivity index (χ0) is 18.5. The first-order valence-electron chi connectivity index (χ1n) is 8.32. The molecule has 2 heterocycles. The molecule has 3 aromatic rings. The molecular formula is C19H22N4O3. The van der Waals surface area contributed by atoms with Crippen molar-refractivity contribution in [3.05, 3.63) is 65.9 Å². The maximum absolute atomic E-state index is 12.2. The minimum atomic E-state index is -0.298. The molecule has 1 unspecified atom stereocenters. The lowest BCUT2D eigenvalue weighted by Crippen LogP contribution is -2.35. The van der Waals surface area contributed by atoms with Gasteiger partial charge in [0.1, 0.15) is 17.6 Å². The summed E-state index contributed by atoms with van der Waals surface area (Å²) in [4.78, 5) is 12.2. The minimum absolute atomic E-state index is 0.222. The van der Waals surface area contributed by atoms with Gasteiger partial charge in [-0.25, -0.2) is 4.79 Å². The molecule has 0 radical (unpaired) electrons. The number of urea groups is 1. The number of aromatic nitrogens is 2. The topological polar surface area (TPSA) is 81.3 Å². The number of rotatable bonds is 6. The highest BCUT2D eigenvalue weighted by atomic mass is 16.5. The maximum Gasteiger partial charge on any atom is 0.319 e. The van der Waals surface area contributed by atoms with Crippen LogP contribution in [0.2, 0.25) is 0 Å². The smallest absolute Gasteiger partial charge is 0.319 e. The minimum Gasteiger partial charge on any atom is -0.497 e. The van der Waals surface area contributed by atoms with Gasteiger partial charge in [0.25, 0.3) is 0 Å². The molecule has 0 fully saturated rings. The number of ether oxygens (including phenoxy) is 1. The monoisotopic (exact) mass is 354 g/mol. The standard InChI is InChI=1S/C19H22N4O3/c1-13-11-14(2)23(22-13)17(18-5-4-10-26-18)12-20-19(24)21-15-6-8-16(25-3)9-7-15/h4-11,17H,12H2,1-3H3,(H2,20,21,24). The third-order valence-electron chi connectivity index (χ3n) is 4.02. The first kappa shape index (κ1) is 17.6. The lowest BCUT2D eigenvalue weighted by Gasteiger charge is -2.18. The number of benzene rings is 1. The second kappa shape index (κ2) is 7.77. The quantitative estimate of drug-likeness (QED) is 0.710. The van der Waals surface area contributed by atoms with E-state index in [0.29, 0.717) is 12.2 Å². The second-order valence-corrected chi connectivity index (χ2v) is 5.97. The van der Waals surface area contributed by atoms with E-state index in [-0.39, 0.29) is 12.1 Å². The van der Waals surface area contributed by atoms with Crippen LogP contribution in [0.5, 0.6) is 5.75 Å². The molecule has 1 aromatic carbocycles. The first-order valence-corrected chi connectivity index (χ1v) is 8.32. The highest BCUT2D eigenvalue weighted by molar-refractivity contribution is 5.89. The molecule has 0 aliphatic rings. The van der Waals surface area contributed by atoms with Gasteiger partial charge >= 0.3 is 6.03 Å². The van der Waals surface area contributed by atoms with E-state index in [9.17, 15) is 4.79 Å². The van der Waals surface area contributed by atoms with Crippen LogP contribution in [0.3, 0.4) is 0 Å². The molecule has 0 spiro atoms. The van der Waals surface area contributed by atoms with E-state index in [0.717, 1.165) is 22.9 Å². The number of nitrogens with one attached hydrogen (secondary N) is 2. The zero-order valence-corrected chi connectivity index (χ0v) is 15.0. The van der Waals surface area contributed by atoms with Crippen LogP contribution in [-0.4, -0.2) is 29.5 Å². The summed E-state index contributed by atoms with van der Waals surface area (Å²) in [5.41, 5.74) is 2.60. The first-order chi connectivity index (χ1) is 12.6. The number of carbonyl (C=O) groups excluding carboxylic acids is 1. The van der Waals surface area contributed by atoms with Crippen LogP contribution in [0, 0.1) is 13.8 Å². The van der Waals surface area contributed by atoms with Gasteiger partial charge in [-0.1, -0.05) is 0 Å². The number of hydrogen-bond acceptors (Lipinski definition) is 4. The normalized spacial score (nSPS) is 11.8. The Kier molecular flexibility index (Phi) is 5.26. The molecule has 7 heteroatoms. The molecule has 0 bridgehead atoms. The summed E-state index contributed by atoms with van der Waals surface area (Å²) >= 11 is 0. The van der Waals surface area contributed by atoms with Gasteiger partial charge in [0.2, 0.25) is 0 Å². The fraction of sp³-hybridized carbons (Fsp3) is 0.263. The molecule has 2 amide bonds. The number of furan rings is 1. The average Bonchev–Trinajstić information content (AvgIpc) is 3.26. The van der Waals surface area contributed by atoms with Crippen molar-refractivity contribution in [2.45, 2.75) is 19.9 Å². The van der Waals surface area contributed by atoms with Crippen molar-refractivity contribution in [3.63, 3.8) is 0 Å². The molecule has 3 rings (SSSR count). The van der Waals surface area contributed by atoms with E-state index < -0.39 is 0 Å². The Morgan fingerprint density at radius 3 is 2.62 bits per heavy atom. The zero-order valence-electron chi connectivity index (χ0n) is 15.0. The van der Waals surface area contributed by atoms with Gasteiger partial charge in [-0.2, -0.15) is 5.10 Å². The number of methoxy groups -OCH3 is 1. The lowest BCUT2D eigenvalue weighted by atomic mass is 10.2. The largest absolute Gasteiger partial charge is 0.497 e. The highest BCUT2D eigenvalue weighted by Gasteiger charge is 2.20. The summed E-state index contributed by atoms with van der Waals surface area (Å²) in [6.07, 6.45) is 1.62. The van der Waals surface area contributed by atoms with Gasteiger partial charge in [-0.3, -0.25) is 4.68 Å². The molecule has 2 N–H and O–H groups in total. The Labute approximate surface area is 152 Å². The molecule has 0 aliphatic carbocycles. The molecule has 1 atom stereocenters. The van der Waals surface area contributed by atoms with Gasteiger partial charge in [-0.05, 0) is 56.3 Å². The van der Waals surface area contributed by atoms with Gasteiger partial charge in [0.05, 0.1) is 19.1 Å². The Bertz CT molecular complexity index is 854. The average molecular weight is 354 g/mol. The number of hydrogen-bond donors (Lipinski definition) is 2. The van der Waals surface area contributed by atoms with Crippen molar-refractivity contribution >= 4 is 11.7 Å². The summed E-state index contributed by atoms with van der Waals surface area (Å²) < 4.78 is 12.5. The molecule has 0 saturated heterocycles. The van der Waals surface area contributed by atoms with E-state index in [1.165, 1.54) is 0 Å². The Morgan fingerprint density at radius 1 is 1.27 bits per heavy atom. The summed E-state index contributed by atoms with van der Waals surface area (Å²) in [6, 6.07) is 12.3. The molecule has 2 aromatic heterocycles. The van der Waals surface area contributed by atoms with Crippen LogP contribution in [-0.2, 0) is 0 Å². The summed E-state index contributed by atoms with van der Waals surface area (Å²) in [5, 5.41) is 10.2. The van der Waals surface area contributed by atoms with Gasteiger partial charge in [-0.15, -0.1) is 0 Å². The number of anilines is 1. The molecule has 0 saturated carbocycles. The third kappa shape index (κ3) is 4.05. The van der Waals surface area contributed by atoms with Crippen LogP contribution in [0.15, 0.2) is 53.1 Å². The maximum atomic E-state index is 12.2. The van der Waals surface area contributed by atoms with E-state index in [2.05, 4.69) is 15.7 Å². The van der Waals surface area contributed by atoms with E-state index in [4.69, 9.17) is 9.15 Å². The Morgan fingerprint density at radius 2 is 2.04 bits per heavy atom. The van der Waals surface area contributed by atoms with Crippen LogP contribution in [0.25, 0.3) is 0 Å². The van der Waals surface area contributed by atoms with Crippen molar-refractivity contribution in [3.8, 4) is 5.75 Å². The van der Waals surface area contributed by atoms with Crippen molar-refractivity contribution < 1.29 is 13.9 Å². The molecule has 7 nitrogen and oxygen atoms in total. The van der Waals surface area contributed by atoms with E-state index in [1.54, 1.807) is 37.6 Å². The summed E-state index contributed by atoms with van der Waals surface area (Å²) in [5.74, 6) is 1.47. The highest BCUT2D eigenvalue weighted by Crippen LogP contribution is 2.20. The van der Waals surface area contributed by atoms with Crippen LogP contribution in [0.4, 0.5) is 10.5 Å². The lowest BCUT2D eigenvalue weighted by molar-refractivity contribution is 0.249. The Balaban J connectivity index is 1.67. The van der Waals surface area contributed by atoms with Crippen LogP contribution in [0.1, 0.15) is 23.2 Å². The number of carbonyl (C=O) groups is 1. The number of nitrogens with zero attached hydrogens (tertiary/aromatic N) is 2. The molecule has 26 heavy (non-hydrogen) atoms. The van der Waals surface area contributed by atoms with Crippen molar-refractivity contribution in [1.82, 2.24) is 15.1 Å². The summed E-state index contributed by atoms with van der Waals surface area (Å²) in [6.45, 7) is 4.26. The fourth-order valence-electron chi connectivity index (χ4n) is 2.79. The predicted molar refractivity (Wildman–Crippen MR) is 98.6 cm³/mol. The summed E-state index contributed by atoms with van der Waals surface area (Å²) in [7, 11) is 1.60. The number of aryl methyl sites for hydroxylation is 2. The second-order valence-electron chi connectivity index (χ2n) is 5.97. The molecule has 136 valence electrons. The van der Waals surface area contributed by atoms with Gasteiger partial charge in [0.15, 0.2) is 0 Å². The van der Waals surface area contributed by atoms with Crippen molar-refractivity contribution in [2.75, 3.05) is 19.0 Å². The number of amides is 2. The molecular weight excluding hydrogens is 332 g/mol. The fourth-order valence-corrected chi connectivity index (χ4v) is 2.79. The molecule has 0 aliphatic heterocycles. The van der Waals surface area contributed by atoms with Crippen LogP contribution >= 0.6 is 0 Å². The van der Waals surface area contributed by atoms with Crippen LogP contribution < -0.4 is 15.4 Å². The van der Waals surface area contributed by atoms with E-state index >= 15 is 0 Å². The van der Waals surface area contributed by atoms with Crippen molar-refractivity contribution in [1.29, 1.82) is 0 Å². The third-order valence-corrected chi connectivity index (χ3v) is 4.02. The SMILES string of the molecule is COc1ccc(NC(=O)NCC(c2ccco2)n2nc(C)cc2C)cc1. The van der Waals surface area contributed by atoms with E-state index in [1.807, 2.05) is 36.7 Å². The van der Waals surface area contributed by atoms with Gasteiger partial charge in [0, 0.05) is 17.9 Å². The van der Waals surface area contributed by atoms with Crippen molar-refractivity contribution in [2.24, 2.45) is 0 Å². The predicted octanol–water partition coefficient (Wildman–Crippen LogP) is 3.51. The Hall–Kier alpha value is -3.22. The van der Waals surface area contributed by atoms with Gasteiger partial charge < -0.3 is 19.8 Å².